The van der Waals surface area contributed by atoms with Gasteiger partial charge in [0.25, 0.3) is 0 Å². The van der Waals surface area contributed by atoms with Gasteiger partial charge < -0.3 is 9.47 Å². The van der Waals surface area contributed by atoms with Gasteiger partial charge in [-0.25, -0.2) is 0 Å². The second kappa shape index (κ2) is 7.44. The molecule has 26 heavy (non-hydrogen) atoms. The molecule has 3 heteroatoms. The molecule has 3 aromatic rings. The number of hydrogen-bond donors (Lipinski definition) is 0. The highest BCUT2D eigenvalue weighted by Crippen LogP contribution is 2.39. The maximum Gasteiger partial charge on any atom is 0.165 e. The fraction of sp³-hybridized carbons (Fsp3) is 0.174. The summed E-state index contributed by atoms with van der Waals surface area (Å²) in [5.74, 6) is 1.57. The number of hydrogen-bond acceptors (Lipinski definition) is 3. The van der Waals surface area contributed by atoms with Gasteiger partial charge in [-0.1, -0.05) is 60.7 Å². The Kier molecular flexibility index (Phi) is 4.69. The molecule has 4 rings (SSSR count). The number of rotatable bonds is 6. The highest BCUT2D eigenvalue weighted by molar-refractivity contribution is 6.01. The first-order chi connectivity index (χ1) is 12.8. The number of ether oxygens (including phenoxy) is 2. The third kappa shape index (κ3) is 3.47. The van der Waals surface area contributed by atoms with Crippen LogP contribution in [0.5, 0.6) is 11.5 Å². The molecule has 0 bridgehead atoms. The van der Waals surface area contributed by atoms with Gasteiger partial charge in [0, 0.05) is 17.5 Å². The SMILES string of the molecule is O=C1CCc2c1ccc(OCc1ccccc1)c2OCc1ccccc1. The molecule has 0 aromatic heterocycles. The Morgan fingerprint density at radius 1 is 0.692 bits per heavy atom. The van der Waals surface area contributed by atoms with E-state index in [-0.39, 0.29) is 5.78 Å². The summed E-state index contributed by atoms with van der Waals surface area (Å²) in [5, 5.41) is 0. The molecule has 1 aliphatic carbocycles. The molecule has 3 aromatic carbocycles. The minimum absolute atomic E-state index is 0.180. The molecule has 0 aliphatic heterocycles. The van der Waals surface area contributed by atoms with Crippen LogP contribution >= 0.6 is 0 Å². The second-order valence-corrected chi connectivity index (χ2v) is 6.39. The van der Waals surface area contributed by atoms with Gasteiger partial charge >= 0.3 is 0 Å². The summed E-state index contributed by atoms with van der Waals surface area (Å²) in [4.78, 5) is 12.1. The van der Waals surface area contributed by atoms with Crippen LogP contribution in [-0.4, -0.2) is 5.78 Å². The molecule has 0 amide bonds. The maximum atomic E-state index is 12.1. The average Bonchev–Trinajstić information content (AvgIpc) is 3.07. The molecule has 0 fully saturated rings. The quantitative estimate of drug-likeness (QED) is 0.633. The van der Waals surface area contributed by atoms with Crippen molar-refractivity contribution < 1.29 is 14.3 Å². The lowest BCUT2D eigenvalue weighted by Gasteiger charge is -2.16. The molecule has 0 heterocycles. The largest absolute Gasteiger partial charge is 0.485 e. The lowest BCUT2D eigenvalue weighted by molar-refractivity contribution is 0.0994. The van der Waals surface area contributed by atoms with Crippen LogP contribution < -0.4 is 9.47 Å². The Morgan fingerprint density at radius 3 is 1.96 bits per heavy atom. The zero-order valence-corrected chi connectivity index (χ0v) is 14.5. The molecule has 0 saturated heterocycles. The summed E-state index contributed by atoms with van der Waals surface area (Å²) in [7, 11) is 0. The summed E-state index contributed by atoms with van der Waals surface area (Å²) < 4.78 is 12.2. The molecule has 0 unspecified atom stereocenters. The summed E-state index contributed by atoms with van der Waals surface area (Å²) >= 11 is 0. The van der Waals surface area contributed by atoms with E-state index in [1.54, 1.807) is 0 Å². The summed E-state index contributed by atoms with van der Waals surface area (Å²) in [6, 6.07) is 23.8. The van der Waals surface area contributed by atoms with Crippen LogP contribution in [0.1, 0.15) is 33.5 Å². The van der Waals surface area contributed by atoms with Crippen molar-refractivity contribution in [2.75, 3.05) is 0 Å². The molecule has 0 atom stereocenters. The first-order valence-corrected chi connectivity index (χ1v) is 8.84. The first kappa shape index (κ1) is 16.4. The van der Waals surface area contributed by atoms with E-state index < -0.39 is 0 Å². The Hall–Kier alpha value is -3.07. The van der Waals surface area contributed by atoms with Crippen LogP contribution in [0, 0.1) is 0 Å². The summed E-state index contributed by atoms with van der Waals surface area (Å²) in [6.07, 6.45) is 1.25. The van der Waals surface area contributed by atoms with E-state index in [9.17, 15) is 4.79 Å². The molecule has 1 aliphatic rings. The van der Waals surface area contributed by atoms with E-state index in [0.29, 0.717) is 37.6 Å². The highest BCUT2D eigenvalue weighted by Gasteiger charge is 2.26. The maximum absolute atomic E-state index is 12.1. The standard InChI is InChI=1S/C23H20O3/c24-21-13-11-20-19(21)12-14-22(25-15-17-7-3-1-4-8-17)23(20)26-16-18-9-5-2-6-10-18/h1-10,12,14H,11,13,15-16H2. The van der Waals surface area contributed by atoms with Crippen LogP contribution in [0.15, 0.2) is 72.8 Å². The van der Waals surface area contributed by atoms with Gasteiger partial charge in [-0.3, -0.25) is 4.79 Å². The van der Waals surface area contributed by atoms with Crippen LogP contribution in [0.4, 0.5) is 0 Å². The van der Waals surface area contributed by atoms with Gasteiger partial charge in [-0.2, -0.15) is 0 Å². The second-order valence-electron chi connectivity index (χ2n) is 6.39. The fourth-order valence-electron chi connectivity index (χ4n) is 3.23. The number of carbonyl (C=O) groups is 1. The molecule has 3 nitrogen and oxygen atoms in total. The van der Waals surface area contributed by atoms with Crippen molar-refractivity contribution in [2.45, 2.75) is 26.1 Å². The van der Waals surface area contributed by atoms with Crippen molar-refractivity contribution in [1.82, 2.24) is 0 Å². The van der Waals surface area contributed by atoms with E-state index in [1.165, 1.54) is 0 Å². The van der Waals surface area contributed by atoms with Gasteiger partial charge in [0.1, 0.15) is 13.2 Å². The highest BCUT2D eigenvalue weighted by atomic mass is 16.5. The zero-order chi connectivity index (χ0) is 17.8. The lowest BCUT2D eigenvalue weighted by Crippen LogP contribution is -2.04. The minimum atomic E-state index is 0.180. The smallest absolute Gasteiger partial charge is 0.165 e. The molecular weight excluding hydrogens is 324 g/mol. The molecule has 130 valence electrons. The van der Waals surface area contributed by atoms with E-state index in [2.05, 4.69) is 0 Å². The topological polar surface area (TPSA) is 35.5 Å². The molecule has 0 N–H and O–H groups in total. The lowest BCUT2D eigenvalue weighted by atomic mass is 10.1. The van der Waals surface area contributed by atoms with Gasteiger partial charge in [0.05, 0.1) is 0 Å². The monoisotopic (exact) mass is 344 g/mol. The van der Waals surface area contributed by atoms with Crippen molar-refractivity contribution >= 4 is 5.78 Å². The van der Waals surface area contributed by atoms with Gasteiger partial charge in [0.15, 0.2) is 17.3 Å². The molecule has 0 spiro atoms. The number of carbonyl (C=O) groups excluding carboxylic acids is 1. The Morgan fingerprint density at radius 2 is 1.31 bits per heavy atom. The molecule has 0 saturated carbocycles. The van der Waals surface area contributed by atoms with Gasteiger partial charge in [-0.05, 0) is 29.7 Å². The Bertz CT molecular complexity index is 901. The van der Waals surface area contributed by atoms with E-state index >= 15 is 0 Å². The number of fused-ring (bicyclic) bond motifs is 1. The minimum Gasteiger partial charge on any atom is -0.485 e. The number of Topliss-reactive ketones (excluding diaryl/α,β-unsaturated/α-hetero) is 1. The molecule has 0 radical (unpaired) electrons. The Balaban J connectivity index is 1.59. The first-order valence-electron chi connectivity index (χ1n) is 8.84. The van der Waals surface area contributed by atoms with Crippen molar-refractivity contribution in [3.63, 3.8) is 0 Å². The van der Waals surface area contributed by atoms with Crippen molar-refractivity contribution in [1.29, 1.82) is 0 Å². The van der Waals surface area contributed by atoms with Crippen molar-refractivity contribution in [3.05, 3.63) is 95.1 Å². The van der Waals surface area contributed by atoms with Crippen LogP contribution in [0.2, 0.25) is 0 Å². The predicted octanol–water partition coefficient (Wildman–Crippen LogP) is 4.97. The third-order valence-corrected chi connectivity index (χ3v) is 4.59. The number of ketones is 1. The number of benzene rings is 3. The Labute approximate surface area is 153 Å². The summed E-state index contributed by atoms with van der Waals surface area (Å²) in [5.41, 5.74) is 3.91. The van der Waals surface area contributed by atoms with Crippen LogP contribution in [-0.2, 0) is 19.6 Å². The van der Waals surface area contributed by atoms with Crippen molar-refractivity contribution in [3.8, 4) is 11.5 Å². The van der Waals surface area contributed by atoms with Gasteiger partial charge in [-0.15, -0.1) is 0 Å². The van der Waals surface area contributed by atoms with E-state index in [1.807, 2.05) is 72.8 Å². The summed E-state index contributed by atoms with van der Waals surface area (Å²) in [6.45, 7) is 0.919. The van der Waals surface area contributed by atoms with Crippen LogP contribution in [0.25, 0.3) is 0 Å². The van der Waals surface area contributed by atoms with Gasteiger partial charge in [0.2, 0.25) is 0 Å². The van der Waals surface area contributed by atoms with Crippen LogP contribution in [0.3, 0.4) is 0 Å². The predicted molar refractivity (Wildman–Crippen MR) is 101 cm³/mol. The van der Waals surface area contributed by atoms with E-state index in [0.717, 1.165) is 22.3 Å². The van der Waals surface area contributed by atoms with Crippen molar-refractivity contribution in [2.24, 2.45) is 0 Å². The third-order valence-electron chi connectivity index (χ3n) is 4.59. The fourth-order valence-corrected chi connectivity index (χ4v) is 3.23. The zero-order valence-electron chi connectivity index (χ0n) is 14.5. The average molecular weight is 344 g/mol. The normalized spacial score (nSPS) is 12.7. The van der Waals surface area contributed by atoms with E-state index in [4.69, 9.17) is 9.47 Å². The molecular formula is C23H20O3.